The lowest BCUT2D eigenvalue weighted by molar-refractivity contribution is -0.137. The molecule has 1 aromatic carbocycles. The van der Waals surface area contributed by atoms with Crippen molar-refractivity contribution in [1.29, 1.82) is 0 Å². The Labute approximate surface area is 96.0 Å². The highest BCUT2D eigenvalue weighted by atomic mass is 35.5. The third kappa shape index (κ3) is 1.79. The second-order valence-electron chi connectivity index (χ2n) is 3.39. The molecule has 2 rings (SSSR count). The lowest BCUT2D eigenvalue weighted by atomic mass is 10.2. The van der Waals surface area contributed by atoms with Gasteiger partial charge >= 0.3 is 5.97 Å². The molecule has 0 amide bonds. The fourth-order valence-corrected chi connectivity index (χ4v) is 1.83. The second-order valence-corrected chi connectivity index (χ2v) is 3.82. The summed E-state index contributed by atoms with van der Waals surface area (Å²) in [6.45, 7) is -0.190. The molecule has 1 aromatic heterocycles. The van der Waals surface area contributed by atoms with Gasteiger partial charge in [-0.05, 0) is 12.1 Å². The SMILES string of the molecule is O=Cc1cn(CC(=O)O)c2cc(Cl)ccc12. The Morgan fingerprint density at radius 1 is 1.50 bits per heavy atom. The van der Waals surface area contributed by atoms with Crippen molar-refractivity contribution < 1.29 is 14.7 Å². The number of nitrogens with zero attached hydrogens (tertiary/aromatic N) is 1. The van der Waals surface area contributed by atoms with Gasteiger partial charge in [0.2, 0.25) is 0 Å². The van der Waals surface area contributed by atoms with Crippen molar-refractivity contribution in [2.24, 2.45) is 0 Å². The fraction of sp³-hybridized carbons (Fsp3) is 0.0909. The zero-order valence-corrected chi connectivity index (χ0v) is 8.94. The molecule has 4 nitrogen and oxygen atoms in total. The molecule has 0 aliphatic carbocycles. The van der Waals surface area contributed by atoms with E-state index < -0.39 is 5.97 Å². The van der Waals surface area contributed by atoms with Gasteiger partial charge in [-0.1, -0.05) is 17.7 Å². The zero-order valence-electron chi connectivity index (χ0n) is 8.18. The molecule has 0 radical (unpaired) electrons. The van der Waals surface area contributed by atoms with Gasteiger partial charge in [0, 0.05) is 22.2 Å². The molecule has 0 aliphatic rings. The van der Waals surface area contributed by atoms with Crippen LogP contribution in [0.15, 0.2) is 24.4 Å². The summed E-state index contributed by atoms with van der Waals surface area (Å²) in [6.07, 6.45) is 2.22. The number of hydrogen-bond donors (Lipinski definition) is 1. The number of halogens is 1. The number of fused-ring (bicyclic) bond motifs is 1. The van der Waals surface area contributed by atoms with E-state index in [1.165, 1.54) is 10.8 Å². The van der Waals surface area contributed by atoms with E-state index in [1.54, 1.807) is 18.2 Å². The first kappa shape index (κ1) is 10.7. The molecule has 1 N–H and O–H groups in total. The maximum atomic E-state index is 10.8. The molecule has 2 aromatic rings. The van der Waals surface area contributed by atoms with Crippen LogP contribution in [-0.4, -0.2) is 21.9 Å². The van der Waals surface area contributed by atoms with Crippen LogP contribution >= 0.6 is 11.6 Å². The van der Waals surface area contributed by atoms with Gasteiger partial charge in [0.25, 0.3) is 0 Å². The molecule has 0 aliphatic heterocycles. The van der Waals surface area contributed by atoms with E-state index in [1.807, 2.05) is 0 Å². The smallest absolute Gasteiger partial charge is 0.323 e. The van der Waals surface area contributed by atoms with Crippen molar-refractivity contribution >= 4 is 34.8 Å². The van der Waals surface area contributed by atoms with E-state index in [0.29, 0.717) is 27.8 Å². The van der Waals surface area contributed by atoms with E-state index in [2.05, 4.69) is 0 Å². The van der Waals surface area contributed by atoms with Crippen LogP contribution in [0.5, 0.6) is 0 Å². The highest BCUT2D eigenvalue weighted by molar-refractivity contribution is 6.31. The Morgan fingerprint density at radius 3 is 2.88 bits per heavy atom. The third-order valence-corrected chi connectivity index (χ3v) is 2.54. The predicted octanol–water partition coefficient (Wildman–Crippen LogP) is 2.19. The number of carboxylic acid groups (broad SMARTS) is 1. The Bertz CT molecular complexity index is 574. The van der Waals surface area contributed by atoms with E-state index in [0.717, 1.165) is 0 Å². The minimum absolute atomic E-state index is 0.190. The van der Waals surface area contributed by atoms with Crippen molar-refractivity contribution in [2.45, 2.75) is 6.54 Å². The molecular formula is C11H8ClNO3. The summed E-state index contributed by atoms with van der Waals surface area (Å²) in [7, 11) is 0. The molecule has 0 bridgehead atoms. The Hall–Kier alpha value is -1.81. The molecule has 0 saturated carbocycles. The van der Waals surface area contributed by atoms with Crippen molar-refractivity contribution in [3.8, 4) is 0 Å². The van der Waals surface area contributed by atoms with E-state index in [9.17, 15) is 9.59 Å². The Morgan fingerprint density at radius 2 is 2.25 bits per heavy atom. The van der Waals surface area contributed by atoms with Gasteiger partial charge in [-0.15, -0.1) is 0 Å². The van der Waals surface area contributed by atoms with Crippen LogP contribution in [0.4, 0.5) is 0 Å². The number of rotatable bonds is 3. The number of benzene rings is 1. The summed E-state index contributed by atoms with van der Waals surface area (Å²) in [5, 5.41) is 9.95. The van der Waals surface area contributed by atoms with Crippen LogP contribution in [0.3, 0.4) is 0 Å². The number of aliphatic carboxylic acids is 1. The van der Waals surface area contributed by atoms with Gasteiger partial charge in [-0.25, -0.2) is 0 Å². The zero-order chi connectivity index (χ0) is 11.7. The number of carboxylic acids is 1. The second kappa shape index (κ2) is 3.98. The Balaban J connectivity index is 2.68. The largest absolute Gasteiger partial charge is 0.480 e. The number of hydrogen-bond acceptors (Lipinski definition) is 2. The van der Waals surface area contributed by atoms with E-state index in [4.69, 9.17) is 16.7 Å². The fourth-order valence-electron chi connectivity index (χ4n) is 1.66. The molecule has 0 atom stereocenters. The minimum atomic E-state index is -0.964. The van der Waals surface area contributed by atoms with E-state index >= 15 is 0 Å². The molecule has 0 spiro atoms. The third-order valence-electron chi connectivity index (χ3n) is 2.31. The number of carbonyl (C=O) groups excluding carboxylic acids is 1. The lowest BCUT2D eigenvalue weighted by Gasteiger charge is -2.00. The van der Waals surface area contributed by atoms with Gasteiger partial charge in [-0.2, -0.15) is 0 Å². The normalized spacial score (nSPS) is 10.6. The summed E-state index contributed by atoms with van der Waals surface area (Å²) in [4.78, 5) is 21.5. The topological polar surface area (TPSA) is 59.3 Å². The minimum Gasteiger partial charge on any atom is -0.480 e. The standard InChI is InChI=1S/C11H8ClNO3/c12-8-1-2-9-7(6-14)4-13(5-11(15)16)10(9)3-8/h1-4,6H,5H2,(H,15,16). The summed E-state index contributed by atoms with van der Waals surface area (Å²) in [6, 6.07) is 5.02. The van der Waals surface area contributed by atoms with Gasteiger partial charge in [0.15, 0.2) is 6.29 Å². The van der Waals surface area contributed by atoms with Crippen LogP contribution in [0.2, 0.25) is 5.02 Å². The monoisotopic (exact) mass is 237 g/mol. The number of aromatic nitrogens is 1. The molecule has 0 unspecified atom stereocenters. The molecule has 0 saturated heterocycles. The van der Waals surface area contributed by atoms with Crippen LogP contribution in [0, 0.1) is 0 Å². The molecule has 0 fully saturated rings. The molecule has 82 valence electrons. The summed E-state index contributed by atoms with van der Waals surface area (Å²) < 4.78 is 1.49. The highest BCUT2D eigenvalue weighted by Gasteiger charge is 2.10. The van der Waals surface area contributed by atoms with Crippen LogP contribution in [0.25, 0.3) is 10.9 Å². The first-order valence-electron chi connectivity index (χ1n) is 4.57. The first-order valence-corrected chi connectivity index (χ1v) is 4.95. The van der Waals surface area contributed by atoms with Crippen molar-refractivity contribution in [3.05, 3.63) is 35.0 Å². The van der Waals surface area contributed by atoms with Gasteiger partial charge in [0.05, 0.1) is 5.52 Å². The summed E-state index contributed by atoms with van der Waals surface area (Å²) >= 11 is 5.83. The summed E-state index contributed by atoms with van der Waals surface area (Å²) in [5.74, 6) is -0.964. The molecule has 16 heavy (non-hydrogen) atoms. The highest BCUT2D eigenvalue weighted by Crippen LogP contribution is 2.23. The van der Waals surface area contributed by atoms with Gasteiger partial charge < -0.3 is 9.67 Å². The quantitative estimate of drug-likeness (QED) is 0.833. The van der Waals surface area contributed by atoms with Crippen molar-refractivity contribution in [3.63, 3.8) is 0 Å². The van der Waals surface area contributed by atoms with Crippen LogP contribution in [-0.2, 0) is 11.3 Å². The van der Waals surface area contributed by atoms with Crippen molar-refractivity contribution in [2.75, 3.05) is 0 Å². The van der Waals surface area contributed by atoms with Crippen LogP contribution in [0.1, 0.15) is 10.4 Å². The first-order chi connectivity index (χ1) is 7.61. The lowest BCUT2D eigenvalue weighted by Crippen LogP contribution is -2.07. The average molecular weight is 238 g/mol. The van der Waals surface area contributed by atoms with E-state index in [-0.39, 0.29) is 6.54 Å². The maximum absolute atomic E-state index is 10.8. The number of carbonyl (C=O) groups is 2. The molecule has 5 heteroatoms. The van der Waals surface area contributed by atoms with Crippen LogP contribution < -0.4 is 0 Å². The predicted molar refractivity (Wildman–Crippen MR) is 60.0 cm³/mol. The maximum Gasteiger partial charge on any atom is 0.323 e. The van der Waals surface area contributed by atoms with Crippen molar-refractivity contribution in [1.82, 2.24) is 4.57 Å². The van der Waals surface area contributed by atoms with Gasteiger partial charge in [-0.3, -0.25) is 9.59 Å². The van der Waals surface area contributed by atoms with Gasteiger partial charge in [0.1, 0.15) is 6.54 Å². The molecular weight excluding hydrogens is 230 g/mol. The average Bonchev–Trinajstić information content (AvgIpc) is 2.55. The molecule has 1 heterocycles. The Kier molecular flexibility index (Phi) is 2.66. The number of aldehydes is 1. The summed E-state index contributed by atoms with van der Waals surface area (Å²) in [5.41, 5.74) is 1.12.